The van der Waals surface area contributed by atoms with Gasteiger partial charge >= 0.3 is 0 Å². The third-order valence-corrected chi connectivity index (χ3v) is 4.55. The lowest BCUT2D eigenvalue weighted by Crippen LogP contribution is -2.53. The normalized spacial score (nSPS) is 12.3. The van der Waals surface area contributed by atoms with Crippen LogP contribution in [0.2, 0.25) is 0 Å². The first kappa shape index (κ1) is 21.7. The summed E-state index contributed by atoms with van der Waals surface area (Å²) in [6.45, 7) is 8.25. The molecular formula is C24H32N2O2. The first-order chi connectivity index (χ1) is 13.3. The Morgan fingerprint density at radius 3 is 1.96 bits per heavy atom. The third-order valence-electron chi connectivity index (χ3n) is 4.55. The van der Waals surface area contributed by atoms with Gasteiger partial charge in [0.15, 0.2) is 0 Å². The Morgan fingerprint density at radius 1 is 0.929 bits per heavy atom. The van der Waals surface area contributed by atoms with Crippen LogP contribution in [0.1, 0.15) is 51.7 Å². The van der Waals surface area contributed by atoms with Crippen LogP contribution in [0.25, 0.3) is 0 Å². The van der Waals surface area contributed by atoms with E-state index >= 15 is 0 Å². The summed E-state index contributed by atoms with van der Waals surface area (Å²) >= 11 is 0. The summed E-state index contributed by atoms with van der Waals surface area (Å²) in [6.07, 6.45) is 1.63. The van der Waals surface area contributed by atoms with Crippen molar-refractivity contribution < 1.29 is 9.59 Å². The summed E-state index contributed by atoms with van der Waals surface area (Å²) in [5, 5.41) is 3.03. The Bertz CT molecular complexity index is 751. The molecule has 1 N–H and O–H groups in total. The first-order valence-corrected chi connectivity index (χ1v) is 9.99. The molecule has 0 aliphatic heterocycles. The summed E-state index contributed by atoms with van der Waals surface area (Å²) in [5.74, 6) is -0.0948. The smallest absolute Gasteiger partial charge is 0.243 e. The zero-order valence-corrected chi connectivity index (χ0v) is 17.4. The number of hydrogen-bond donors (Lipinski definition) is 1. The minimum atomic E-state index is -0.484. The van der Waals surface area contributed by atoms with Gasteiger partial charge in [-0.15, -0.1) is 0 Å². The van der Waals surface area contributed by atoms with Crippen molar-refractivity contribution in [2.45, 2.75) is 65.1 Å². The predicted octanol–water partition coefficient (Wildman–Crippen LogP) is 4.34. The van der Waals surface area contributed by atoms with Crippen LogP contribution in [0, 0.1) is 0 Å². The second kappa shape index (κ2) is 10.1. The molecule has 0 aliphatic rings. The molecule has 4 nitrogen and oxygen atoms in total. The van der Waals surface area contributed by atoms with Gasteiger partial charge in [0.05, 0.1) is 0 Å². The van der Waals surface area contributed by atoms with E-state index in [2.05, 4.69) is 5.32 Å². The number of carbonyl (C=O) groups is 2. The first-order valence-electron chi connectivity index (χ1n) is 9.99. The number of amides is 2. The van der Waals surface area contributed by atoms with Gasteiger partial charge < -0.3 is 10.2 Å². The average Bonchev–Trinajstić information content (AvgIpc) is 2.66. The van der Waals surface area contributed by atoms with E-state index in [0.29, 0.717) is 25.8 Å². The molecule has 150 valence electrons. The Labute approximate surface area is 169 Å². The molecule has 1 atom stereocenters. The molecule has 0 fully saturated rings. The number of nitrogens with one attached hydrogen (secondary N) is 1. The van der Waals surface area contributed by atoms with Gasteiger partial charge in [0.25, 0.3) is 0 Å². The van der Waals surface area contributed by atoms with Gasteiger partial charge in [0, 0.05) is 18.5 Å². The van der Waals surface area contributed by atoms with Gasteiger partial charge in [-0.3, -0.25) is 9.59 Å². The van der Waals surface area contributed by atoms with Gasteiger partial charge in [-0.2, -0.15) is 0 Å². The summed E-state index contributed by atoms with van der Waals surface area (Å²) in [6, 6.07) is 19.3. The average molecular weight is 381 g/mol. The molecule has 2 aromatic carbocycles. The van der Waals surface area contributed by atoms with Gasteiger partial charge in [-0.25, -0.2) is 0 Å². The number of hydrogen-bond acceptors (Lipinski definition) is 2. The van der Waals surface area contributed by atoms with Crippen molar-refractivity contribution in [1.29, 1.82) is 0 Å². The van der Waals surface area contributed by atoms with E-state index in [1.54, 1.807) is 4.90 Å². The Hall–Kier alpha value is -2.62. The maximum Gasteiger partial charge on any atom is 0.243 e. The molecule has 2 aromatic rings. The molecule has 4 heteroatoms. The van der Waals surface area contributed by atoms with E-state index in [-0.39, 0.29) is 17.4 Å². The molecule has 2 rings (SSSR count). The van der Waals surface area contributed by atoms with E-state index in [1.807, 2.05) is 88.4 Å². The summed E-state index contributed by atoms with van der Waals surface area (Å²) < 4.78 is 0. The number of aryl methyl sites for hydroxylation is 1. The van der Waals surface area contributed by atoms with Crippen molar-refractivity contribution >= 4 is 11.8 Å². The van der Waals surface area contributed by atoms with Gasteiger partial charge in [0.1, 0.15) is 6.04 Å². The van der Waals surface area contributed by atoms with Crippen molar-refractivity contribution in [3.05, 3.63) is 71.8 Å². The molecule has 2 amide bonds. The lowest BCUT2D eigenvalue weighted by Gasteiger charge is -2.33. The molecule has 1 unspecified atom stereocenters. The summed E-state index contributed by atoms with van der Waals surface area (Å²) in [5.41, 5.74) is 1.82. The zero-order valence-electron chi connectivity index (χ0n) is 17.4. The van der Waals surface area contributed by atoms with Crippen molar-refractivity contribution in [1.82, 2.24) is 10.2 Å². The maximum absolute atomic E-state index is 13.1. The highest BCUT2D eigenvalue weighted by Crippen LogP contribution is 2.16. The molecule has 0 heterocycles. The Morgan fingerprint density at radius 2 is 1.46 bits per heavy atom. The fraction of sp³-hybridized carbons (Fsp3) is 0.417. The zero-order chi connectivity index (χ0) is 20.6. The number of carbonyl (C=O) groups excluding carboxylic acids is 2. The number of nitrogens with zero attached hydrogens (tertiary/aromatic N) is 1. The lowest BCUT2D eigenvalue weighted by atomic mass is 10.0. The summed E-state index contributed by atoms with van der Waals surface area (Å²) in [4.78, 5) is 27.8. The van der Waals surface area contributed by atoms with E-state index in [0.717, 1.165) is 11.1 Å². The highest BCUT2D eigenvalue weighted by atomic mass is 16.2. The van der Waals surface area contributed by atoms with Gasteiger partial charge in [0.2, 0.25) is 11.8 Å². The minimum Gasteiger partial charge on any atom is -0.350 e. The van der Waals surface area contributed by atoms with Crippen LogP contribution >= 0.6 is 0 Å². The second-order valence-corrected chi connectivity index (χ2v) is 8.16. The second-order valence-electron chi connectivity index (χ2n) is 8.16. The van der Waals surface area contributed by atoms with Crippen molar-refractivity contribution in [2.24, 2.45) is 0 Å². The minimum absolute atomic E-state index is 0.00335. The number of benzene rings is 2. The topological polar surface area (TPSA) is 49.4 Å². The molecule has 0 bridgehead atoms. The monoisotopic (exact) mass is 380 g/mol. The van der Waals surface area contributed by atoms with E-state index in [4.69, 9.17) is 0 Å². The van der Waals surface area contributed by atoms with Crippen LogP contribution in [0.5, 0.6) is 0 Å². The number of rotatable bonds is 8. The highest BCUT2D eigenvalue weighted by Gasteiger charge is 2.30. The molecule has 0 aliphatic carbocycles. The largest absolute Gasteiger partial charge is 0.350 e. The standard InChI is InChI=1S/C24H32N2O2/c1-5-21(23(28)25-24(2,3)4)26(18-20-14-10-7-11-15-20)22(27)17-16-19-12-8-6-9-13-19/h6-15,21H,5,16-18H2,1-4H3,(H,25,28). The molecule has 0 spiro atoms. The van der Waals surface area contributed by atoms with Crippen molar-refractivity contribution in [2.75, 3.05) is 0 Å². The molecule has 0 saturated heterocycles. The van der Waals surface area contributed by atoms with Crippen molar-refractivity contribution in [3.63, 3.8) is 0 Å². The molecule has 0 radical (unpaired) electrons. The van der Waals surface area contributed by atoms with Crippen LogP contribution in [0.3, 0.4) is 0 Å². The third kappa shape index (κ3) is 6.84. The Balaban J connectivity index is 2.19. The molecule has 0 saturated carbocycles. The quantitative estimate of drug-likeness (QED) is 0.740. The molecule has 0 aromatic heterocycles. The van der Waals surface area contributed by atoms with E-state index in [9.17, 15) is 9.59 Å². The Kier molecular flexibility index (Phi) is 7.80. The molecular weight excluding hydrogens is 348 g/mol. The van der Waals surface area contributed by atoms with Crippen LogP contribution in [0.4, 0.5) is 0 Å². The van der Waals surface area contributed by atoms with Gasteiger partial charge in [-0.1, -0.05) is 67.6 Å². The molecule has 28 heavy (non-hydrogen) atoms. The predicted molar refractivity (Wildman–Crippen MR) is 114 cm³/mol. The fourth-order valence-corrected chi connectivity index (χ4v) is 3.19. The van der Waals surface area contributed by atoms with Crippen LogP contribution in [-0.4, -0.2) is 28.3 Å². The van der Waals surface area contributed by atoms with Crippen LogP contribution in [0.15, 0.2) is 60.7 Å². The van der Waals surface area contributed by atoms with Crippen molar-refractivity contribution in [3.8, 4) is 0 Å². The van der Waals surface area contributed by atoms with Crippen LogP contribution < -0.4 is 5.32 Å². The van der Waals surface area contributed by atoms with Gasteiger partial charge in [-0.05, 0) is 44.7 Å². The lowest BCUT2D eigenvalue weighted by molar-refractivity contribution is -0.142. The fourth-order valence-electron chi connectivity index (χ4n) is 3.19. The van der Waals surface area contributed by atoms with Crippen LogP contribution in [-0.2, 0) is 22.6 Å². The highest BCUT2D eigenvalue weighted by molar-refractivity contribution is 5.88. The van der Waals surface area contributed by atoms with E-state index < -0.39 is 6.04 Å². The van der Waals surface area contributed by atoms with E-state index in [1.165, 1.54) is 0 Å². The summed E-state index contributed by atoms with van der Waals surface area (Å²) in [7, 11) is 0. The maximum atomic E-state index is 13.1. The SMILES string of the molecule is CCC(C(=O)NC(C)(C)C)N(Cc1ccccc1)C(=O)CCc1ccccc1.